The van der Waals surface area contributed by atoms with Gasteiger partial charge < -0.3 is 14.8 Å². The van der Waals surface area contributed by atoms with Gasteiger partial charge in [-0.05, 0) is 51.1 Å². The molecule has 2 aromatic carbocycles. The van der Waals surface area contributed by atoms with E-state index < -0.39 is 10.0 Å². The van der Waals surface area contributed by atoms with E-state index in [2.05, 4.69) is 5.32 Å². The largest absolute Gasteiger partial charge is 0.489 e. The molecule has 1 aliphatic heterocycles. The van der Waals surface area contributed by atoms with Crippen LogP contribution in [-0.4, -0.2) is 51.0 Å². The van der Waals surface area contributed by atoms with E-state index in [1.54, 1.807) is 18.2 Å². The molecular formula is C21H26N2O5S. The van der Waals surface area contributed by atoms with Gasteiger partial charge in [0.05, 0.1) is 29.9 Å². The molecule has 0 spiro atoms. The van der Waals surface area contributed by atoms with Gasteiger partial charge in [0.15, 0.2) is 0 Å². The average Bonchev–Trinajstić information content (AvgIpc) is 2.70. The molecule has 0 aliphatic carbocycles. The number of hydrogen-bond acceptors (Lipinski definition) is 5. The summed E-state index contributed by atoms with van der Waals surface area (Å²) in [6, 6.07) is 11.7. The molecule has 0 saturated carbocycles. The Morgan fingerprint density at radius 2 is 1.76 bits per heavy atom. The van der Waals surface area contributed by atoms with E-state index >= 15 is 0 Å². The summed E-state index contributed by atoms with van der Waals surface area (Å²) >= 11 is 0. The van der Waals surface area contributed by atoms with Crippen molar-refractivity contribution in [2.45, 2.75) is 31.8 Å². The van der Waals surface area contributed by atoms with E-state index in [0.29, 0.717) is 43.3 Å². The Morgan fingerprint density at radius 3 is 2.38 bits per heavy atom. The normalized spacial score (nSPS) is 15.3. The lowest BCUT2D eigenvalue weighted by molar-refractivity contribution is 0.0730. The second-order valence-electron chi connectivity index (χ2n) is 7.16. The second kappa shape index (κ2) is 8.94. The zero-order valence-electron chi connectivity index (χ0n) is 16.8. The lowest BCUT2D eigenvalue weighted by Crippen LogP contribution is -2.40. The molecular weight excluding hydrogens is 392 g/mol. The number of nitrogens with zero attached hydrogens (tertiary/aromatic N) is 1. The zero-order chi connectivity index (χ0) is 21.0. The van der Waals surface area contributed by atoms with E-state index in [4.69, 9.17) is 9.47 Å². The van der Waals surface area contributed by atoms with Gasteiger partial charge in [0.2, 0.25) is 10.0 Å². The first kappa shape index (κ1) is 21.3. The monoisotopic (exact) mass is 418 g/mol. The highest BCUT2D eigenvalue weighted by molar-refractivity contribution is 7.89. The van der Waals surface area contributed by atoms with Crippen LogP contribution in [0.2, 0.25) is 0 Å². The maximum absolute atomic E-state index is 13.0. The summed E-state index contributed by atoms with van der Waals surface area (Å²) in [6.07, 6.45) is -0.133. The highest BCUT2D eigenvalue weighted by Gasteiger charge is 2.27. The first-order chi connectivity index (χ1) is 13.8. The van der Waals surface area contributed by atoms with Crippen LogP contribution < -0.4 is 10.1 Å². The average molecular weight is 419 g/mol. The molecule has 0 atom stereocenters. The summed E-state index contributed by atoms with van der Waals surface area (Å²) in [5.41, 5.74) is 1.84. The van der Waals surface area contributed by atoms with Crippen molar-refractivity contribution in [1.29, 1.82) is 0 Å². The van der Waals surface area contributed by atoms with Gasteiger partial charge in [0, 0.05) is 18.7 Å². The predicted molar refractivity (Wildman–Crippen MR) is 111 cm³/mol. The van der Waals surface area contributed by atoms with Gasteiger partial charge in [-0.3, -0.25) is 4.79 Å². The van der Waals surface area contributed by atoms with E-state index in [1.165, 1.54) is 16.4 Å². The lowest BCUT2D eigenvalue weighted by atomic mass is 10.1. The Balaban J connectivity index is 1.93. The van der Waals surface area contributed by atoms with Gasteiger partial charge in [0.1, 0.15) is 5.75 Å². The molecule has 8 heteroatoms. The van der Waals surface area contributed by atoms with Crippen LogP contribution in [0, 0.1) is 6.92 Å². The SMILES string of the molecule is Cc1ccc(C(=O)Nc2cc(S(=O)(=O)N3CCOCC3)ccc2OC(C)C)cc1. The fourth-order valence-electron chi connectivity index (χ4n) is 2.96. The highest BCUT2D eigenvalue weighted by atomic mass is 32.2. The Hall–Kier alpha value is -2.42. The molecule has 1 heterocycles. The fourth-order valence-corrected chi connectivity index (χ4v) is 4.39. The fraction of sp³-hybridized carbons (Fsp3) is 0.381. The highest BCUT2D eigenvalue weighted by Crippen LogP contribution is 2.30. The molecule has 1 N–H and O–H groups in total. The molecule has 1 amide bonds. The van der Waals surface area contributed by atoms with E-state index in [0.717, 1.165) is 5.56 Å². The minimum absolute atomic E-state index is 0.106. The van der Waals surface area contributed by atoms with E-state index in [1.807, 2.05) is 32.9 Å². The number of morpholine rings is 1. The Labute approximate surface area is 171 Å². The third-order valence-electron chi connectivity index (χ3n) is 4.48. The first-order valence-electron chi connectivity index (χ1n) is 9.54. The van der Waals surface area contributed by atoms with Gasteiger partial charge in [-0.25, -0.2) is 8.42 Å². The number of aryl methyl sites for hydroxylation is 1. The molecule has 156 valence electrons. The first-order valence-corrected chi connectivity index (χ1v) is 11.0. The van der Waals surface area contributed by atoms with Crippen molar-refractivity contribution in [3.8, 4) is 5.75 Å². The Kier molecular flexibility index (Phi) is 6.56. The maximum atomic E-state index is 13.0. The van der Waals surface area contributed by atoms with Crippen LogP contribution in [-0.2, 0) is 14.8 Å². The third kappa shape index (κ3) is 5.14. The number of amides is 1. The van der Waals surface area contributed by atoms with E-state index in [9.17, 15) is 13.2 Å². The minimum Gasteiger partial charge on any atom is -0.489 e. The van der Waals surface area contributed by atoms with Crippen molar-refractivity contribution in [1.82, 2.24) is 4.31 Å². The second-order valence-corrected chi connectivity index (χ2v) is 9.10. The number of carbonyl (C=O) groups is 1. The van der Waals surface area contributed by atoms with E-state index in [-0.39, 0.29) is 16.9 Å². The number of benzene rings is 2. The molecule has 0 aromatic heterocycles. The molecule has 2 aromatic rings. The summed E-state index contributed by atoms with van der Waals surface area (Å²) in [7, 11) is -3.69. The van der Waals surface area contributed by atoms with Crippen LogP contribution in [0.3, 0.4) is 0 Å². The molecule has 1 fully saturated rings. The zero-order valence-corrected chi connectivity index (χ0v) is 17.7. The van der Waals surface area contributed by atoms with Gasteiger partial charge in [0.25, 0.3) is 5.91 Å². The molecule has 0 radical (unpaired) electrons. The minimum atomic E-state index is -3.69. The molecule has 29 heavy (non-hydrogen) atoms. The molecule has 1 aliphatic rings. The smallest absolute Gasteiger partial charge is 0.255 e. The lowest BCUT2D eigenvalue weighted by Gasteiger charge is -2.26. The van der Waals surface area contributed by atoms with Crippen LogP contribution in [0.15, 0.2) is 47.4 Å². The molecule has 7 nitrogen and oxygen atoms in total. The summed E-state index contributed by atoms with van der Waals surface area (Å²) in [4.78, 5) is 12.8. The van der Waals surface area contributed by atoms with Crippen molar-refractivity contribution in [3.05, 3.63) is 53.6 Å². The summed E-state index contributed by atoms with van der Waals surface area (Å²) < 4.78 is 38.4. The van der Waals surface area contributed by atoms with Crippen molar-refractivity contribution in [3.63, 3.8) is 0 Å². The summed E-state index contributed by atoms with van der Waals surface area (Å²) in [6.45, 7) is 7.01. The molecule has 3 rings (SSSR count). The molecule has 1 saturated heterocycles. The van der Waals surface area contributed by atoms with Crippen LogP contribution in [0.25, 0.3) is 0 Å². The van der Waals surface area contributed by atoms with Gasteiger partial charge >= 0.3 is 0 Å². The molecule has 0 bridgehead atoms. The van der Waals surface area contributed by atoms with Crippen molar-refractivity contribution in [2.75, 3.05) is 31.6 Å². The quantitative estimate of drug-likeness (QED) is 0.779. The van der Waals surface area contributed by atoms with Gasteiger partial charge in [-0.1, -0.05) is 17.7 Å². The Morgan fingerprint density at radius 1 is 1.10 bits per heavy atom. The van der Waals surface area contributed by atoms with Crippen molar-refractivity contribution < 1.29 is 22.7 Å². The van der Waals surface area contributed by atoms with Crippen LogP contribution in [0.1, 0.15) is 29.8 Å². The standard InChI is InChI=1S/C21H26N2O5S/c1-15(2)28-20-9-8-18(29(25,26)23-10-12-27-13-11-23)14-19(20)22-21(24)17-6-4-16(3)5-7-17/h4-9,14-15H,10-13H2,1-3H3,(H,22,24). The van der Waals surface area contributed by atoms with Crippen LogP contribution >= 0.6 is 0 Å². The van der Waals surface area contributed by atoms with Crippen LogP contribution in [0.5, 0.6) is 5.75 Å². The van der Waals surface area contributed by atoms with Gasteiger partial charge in [-0.2, -0.15) is 4.31 Å². The van der Waals surface area contributed by atoms with Gasteiger partial charge in [-0.15, -0.1) is 0 Å². The number of nitrogens with one attached hydrogen (secondary N) is 1. The maximum Gasteiger partial charge on any atom is 0.255 e. The number of ether oxygens (including phenoxy) is 2. The number of anilines is 1. The number of hydrogen-bond donors (Lipinski definition) is 1. The molecule has 0 unspecified atom stereocenters. The topological polar surface area (TPSA) is 84.9 Å². The third-order valence-corrected chi connectivity index (χ3v) is 6.38. The summed E-state index contributed by atoms with van der Waals surface area (Å²) in [5.74, 6) is 0.0842. The van der Waals surface area contributed by atoms with Crippen molar-refractivity contribution in [2.24, 2.45) is 0 Å². The predicted octanol–water partition coefficient (Wildman–Crippen LogP) is 3.06. The summed E-state index contributed by atoms with van der Waals surface area (Å²) in [5, 5.41) is 2.80. The number of rotatable bonds is 6. The van der Waals surface area contributed by atoms with Crippen LogP contribution in [0.4, 0.5) is 5.69 Å². The number of sulfonamides is 1. The Bertz CT molecular complexity index is 965. The van der Waals surface area contributed by atoms with Crippen molar-refractivity contribution >= 4 is 21.6 Å². The number of carbonyl (C=O) groups excluding carboxylic acids is 1.